The Labute approximate surface area is 305 Å². The zero-order valence-corrected chi connectivity index (χ0v) is 29.8. The maximum atomic E-state index is 16.2. The van der Waals surface area contributed by atoms with Crippen LogP contribution in [0.25, 0.3) is 44.5 Å². The summed E-state index contributed by atoms with van der Waals surface area (Å²) in [6.45, 7) is 4.67. The van der Waals surface area contributed by atoms with E-state index in [-0.39, 0.29) is 35.5 Å². The first-order valence-electron chi connectivity index (χ1n) is 18.4. The lowest BCUT2D eigenvalue weighted by Crippen LogP contribution is -2.53. The SMILES string of the molecule is CCCN(Cc1nc2ccc(-c3ccc4c(c3)C(F)(F)c3cc(-c5cnc(C6CCCN6)[nH]5)ccc3-4)cc2[nH]1)C(=O)C(NC(=O)OC)C1CCOCC1. The van der Waals surface area contributed by atoms with Gasteiger partial charge in [-0.05, 0) is 91.1 Å². The number of carbonyl (C=O) groups excluding carboxylic acids is 2. The number of benzene rings is 3. The molecule has 5 aromatic rings. The summed E-state index contributed by atoms with van der Waals surface area (Å²) in [5, 5.41) is 6.18. The fourth-order valence-electron chi connectivity index (χ4n) is 8.00. The Morgan fingerprint density at radius 2 is 1.72 bits per heavy atom. The summed E-state index contributed by atoms with van der Waals surface area (Å²) in [5.41, 5.74) is 5.23. The molecular weight excluding hydrogens is 680 g/mol. The van der Waals surface area contributed by atoms with Crippen LogP contribution in [0.4, 0.5) is 13.6 Å². The Hall–Kier alpha value is -5.14. The summed E-state index contributed by atoms with van der Waals surface area (Å²) >= 11 is 0. The summed E-state index contributed by atoms with van der Waals surface area (Å²) in [4.78, 5) is 43.8. The van der Waals surface area contributed by atoms with Crippen molar-refractivity contribution in [2.75, 3.05) is 33.4 Å². The zero-order chi connectivity index (χ0) is 36.7. The number of fused-ring (bicyclic) bond motifs is 4. The molecule has 2 unspecified atom stereocenters. The fourth-order valence-corrected chi connectivity index (χ4v) is 8.00. The molecule has 2 atom stereocenters. The van der Waals surface area contributed by atoms with E-state index in [2.05, 4.69) is 25.6 Å². The second kappa shape index (κ2) is 14.4. The normalized spacial score (nSPS) is 18.5. The third-order valence-electron chi connectivity index (χ3n) is 10.8. The van der Waals surface area contributed by atoms with Crippen LogP contribution in [0.3, 0.4) is 0 Å². The van der Waals surface area contributed by atoms with Crippen LogP contribution in [0, 0.1) is 5.92 Å². The van der Waals surface area contributed by atoms with Crippen molar-refractivity contribution in [3.8, 4) is 33.5 Å². The molecule has 2 aromatic heterocycles. The standard InChI is InChI=1S/C40H43F2N7O4/c1-3-15-49(38(50)36(48-39(51)52-2)23-12-16-53-17-13-23)22-35-45-31-11-8-25(20-33(31)46-35)24-6-9-27-28-10-7-26(19-30(28)40(41,42)29(27)18-24)34-21-44-37(47-34)32-5-4-14-43-32/h6-11,18-21,23,32,36,43H,3-5,12-17,22H2,1-2H3,(H,44,47)(H,45,46)(H,48,51). The van der Waals surface area contributed by atoms with Crippen LogP contribution in [0.5, 0.6) is 0 Å². The zero-order valence-electron chi connectivity index (χ0n) is 29.8. The van der Waals surface area contributed by atoms with E-state index in [4.69, 9.17) is 14.5 Å². The molecule has 276 valence electrons. The Morgan fingerprint density at radius 3 is 2.43 bits per heavy atom. The first kappa shape index (κ1) is 34.9. The minimum absolute atomic E-state index is 0.0158. The Morgan fingerprint density at radius 1 is 1.00 bits per heavy atom. The molecule has 0 radical (unpaired) electrons. The first-order chi connectivity index (χ1) is 25.7. The number of imidazole rings is 2. The molecule has 2 amide bonds. The largest absolute Gasteiger partial charge is 0.453 e. The van der Waals surface area contributed by atoms with E-state index in [0.29, 0.717) is 72.6 Å². The van der Waals surface area contributed by atoms with Gasteiger partial charge in [0.05, 0.1) is 42.6 Å². The molecule has 4 heterocycles. The summed E-state index contributed by atoms with van der Waals surface area (Å²) in [6.07, 6.45) is 5.16. The molecule has 53 heavy (non-hydrogen) atoms. The molecule has 2 saturated heterocycles. The van der Waals surface area contributed by atoms with Gasteiger partial charge in [0, 0.05) is 36.4 Å². The number of nitrogens with one attached hydrogen (secondary N) is 4. The maximum absolute atomic E-state index is 16.2. The quantitative estimate of drug-likeness (QED) is 0.121. The van der Waals surface area contributed by atoms with Crippen LogP contribution in [-0.4, -0.2) is 76.3 Å². The number of alkyl carbamates (subject to hydrolysis) is 1. The van der Waals surface area contributed by atoms with Crippen LogP contribution in [0.2, 0.25) is 0 Å². The van der Waals surface area contributed by atoms with Crippen molar-refractivity contribution in [3.05, 3.63) is 83.6 Å². The predicted molar refractivity (Wildman–Crippen MR) is 196 cm³/mol. The molecule has 13 heteroatoms. The third kappa shape index (κ3) is 6.67. The van der Waals surface area contributed by atoms with E-state index in [0.717, 1.165) is 42.0 Å². The highest BCUT2D eigenvalue weighted by atomic mass is 19.3. The number of H-pyrrole nitrogens is 2. The van der Waals surface area contributed by atoms with Crippen molar-refractivity contribution in [2.24, 2.45) is 5.92 Å². The van der Waals surface area contributed by atoms with Gasteiger partial charge in [-0.25, -0.2) is 14.8 Å². The molecule has 0 bridgehead atoms. The number of aromatic nitrogens is 4. The van der Waals surface area contributed by atoms with Crippen molar-refractivity contribution >= 4 is 23.0 Å². The minimum Gasteiger partial charge on any atom is -0.453 e. The molecule has 0 saturated carbocycles. The van der Waals surface area contributed by atoms with E-state index >= 15 is 8.78 Å². The van der Waals surface area contributed by atoms with Gasteiger partial charge in [0.1, 0.15) is 17.7 Å². The van der Waals surface area contributed by atoms with Crippen LogP contribution in [-0.2, 0) is 26.7 Å². The van der Waals surface area contributed by atoms with Crippen molar-refractivity contribution in [3.63, 3.8) is 0 Å². The van der Waals surface area contributed by atoms with Gasteiger partial charge in [-0.1, -0.05) is 37.3 Å². The fraction of sp³-hybridized carbons (Fsp3) is 0.400. The molecule has 2 aliphatic heterocycles. The van der Waals surface area contributed by atoms with E-state index in [1.165, 1.54) is 7.11 Å². The van der Waals surface area contributed by atoms with Crippen LogP contribution in [0.15, 0.2) is 60.8 Å². The second-order valence-corrected chi connectivity index (χ2v) is 14.2. The van der Waals surface area contributed by atoms with Gasteiger partial charge >= 0.3 is 6.09 Å². The molecular formula is C40H43F2N7O4. The second-order valence-electron chi connectivity index (χ2n) is 14.2. The lowest BCUT2D eigenvalue weighted by molar-refractivity contribution is -0.136. The Kier molecular flexibility index (Phi) is 9.46. The highest BCUT2D eigenvalue weighted by molar-refractivity contribution is 5.88. The van der Waals surface area contributed by atoms with Gasteiger partial charge < -0.3 is 35.0 Å². The molecule has 0 spiro atoms. The number of hydrogen-bond donors (Lipinski definition) is 4. The number of rotatable bonds is 10. The third-order valence-corrected chi connectivity index (χ3v) is 10.8. The molecule has 3 aliphatic rings. The average Bonchev–Trinajstić information content (AvgIpc) is 4.00. The van der Waals surface area contributed by atoms with Crippen LogP contribution in [0.1, 0.15) is 67.8 Å². The molecule has 8 rings (SSSR count). The van der Waals surface area contributed by atoms with Crippen molar-refractivity contribution in [2.45, 2.75) is 63.6 Å². The smallest absolute Gasteiger partial charge is 0.407 e. The highest BCUT2D eigenvalue weighted by Gasteiger charge is 2.45. The molecule has 11 nitrogen and oxygen atoms in total. The topological polar surface area (TPSA) is 137 Å². The van der Waals surface area contributed by atoms with Crippen LogP contribution >= 0.6 is 0 Å². The number of carbonyl (C=O) groups is 2. The number of alkyl halides is 2. The van der Waals surface area contributed by atoms with E-state index in [1.54, 1.807) is 35.4 Å². The number of halogens is 2. The van der Waals surface area contributed by atoms with Gasteiger partial charge in [-0.3, -0.25) is 4.79 Å². The van der Waals surface area contributed by atoms with Gasteiger partial charge in [0.25, 0.3) is 5.92 Å². The lowest BCUT2D eigenvalue weighted by atomic mass is 9.90. The number of amides is 2. The monoisotopic (exact) mass is 723 g/mol. The molecule has 2 fully saturated rings. The Balaban J connectivity index is 1.03. The van der Waals surface area contributed by atoms with E-state index in [9.17, 15) is 9.59 Å². The van der Waals surface area contributed by atoms with Gasteiger partial charge in [-0.15, -0.1) is 0 Å². The molecule has 4 N–H and O–H groups in total. The number of aromatic amines is 2. The van der Waals surface area contributed by atoms with Gasteiger partial charge in [0.2, 0.25) is 5.91 Å². The highest BCUT2D eigenvalue weighted by Crippen LogP contribution is 2.52. The number of nitrogens with zero attached hydrogens (tertiary/aromatic N) is 3. The number of hydrogen-bond acceptors (Lipinski definition) is 7. The molecule has 1 aliphatic carbocycles. The minimum atomic E-state index is -3.18. The van der Waals surface area contributed by atoms with Crippen molar-refractivity contribution in [1.82, 2.24) is 35.5 Å². The van der Waals surface area contributed by atoms with E-state index in [1.807, 2.05) is 37.3 Å². The Bertz CT molecular complexity index is 2150. The number of ether oxygens (including phenoxy) is 2. The summed E-state index contributed by atoms with van der Waals surface area (Å²) in [5.74, 6) is -2.05. The summed E-state index contributed by atoms with van der Waals surface area (Å²) in [7, 11) is 1.28. The average molecular weight is 724 g/mol. The van der Waals surface area contributed by atoms with Crippen molar-refractivity contribution in [1.29, 1.82) is 0 Å². The molecule has 3 aromatic carbocycles. The van der Waals surface area contributed by atoms with Gasteiger partial charge in [0.15, 0.2) is 0 Å². The van der Waals surface area contributed by atoms with Crippen molar-refractivity contribution < 1.29 is 27.8 Å². The maximum Gasteiger partial charge on any atom is 0.407 e. The van der Waals surface area contributed by atoms with Crippen LogP contribution < -0.4 is 10.6 Å². The first-order valence-corrected chi connectivity index (χ1v) is 18.4. The predicted octanol–water partition coefficient (Wildman–Crippen LogP) is 7.05. The van der Waals surface area contributed by atoms with E-state index < -0.39 is 18.1 Å². The number of methoxy groups -OCH3 is 1. The lowest BCUT2D eigenvalue weighted by Gasteiger charge is -2.33. The summed E-state index contributed by atoms with van der Waals surface area (Å²) in [6, 6.07) is 15.5. The summed E-state index contributed by atoms with van der Waals surface area (Å²) < 4.78 is 42.8. The van der Waals surface area contributed by atoms with Gasteiger partial charge in [-0.2, -0.15) is 8.78 Å².